The molecule has 0 aromatic carbocycles. The molecule has 16 heavy (non-hydrogen) atoms. The maximum atomic E-state index is 11.0. The first kappa shape index (κ1) is 15.2. The van der Waals surface area contributed by atoms with Gasteiger partial charge in [0.05, 0.1) is 0 Å². The molecule has 1 unspecified atom stereocenters. The van der Waals surface area contributed by atoms with E-state index < -0.39 is 21.0 Å². The van der Waals surface area contributed by atoms with E-state index in [9.17, 15) is 14.9 Å². The second-order valence-electron chi connectivity index (χ2n) is 4.57. The predicted octanol–water partition coefficient (Wildman–Crippen LogP) is 2.54. The van der Waals surface area contributed by atoms with Gasteiger partial charge in [-0.3, -0.25) is 15.0 Å². The molecular formula is C9H17BrN2O4. The highest BCUT2D eigenvalue weighted by Gasteiger charge is 2.43. The molecular weight excluding hydrogens is 280 g/mol. The summed E-state index contributed by atoms with van der Waals surface area (Å²) in [6.45, 7) is 6.55. The van der Waals surface area contributed by atoms with Crippen LogP contribution in [-0.2, 0) is 0 Å². The molecule has 0 aliphatic carbocycles. The summed E-state index contributed by atoms with van der Waals surface area (Å²) < 4.78 is -1.42. The van der Waals surface area contributed by atoms with Crippen molar-refractivity contribution < 1.29 is 14.8 Å². The van der Waals surface area contributed by atoms with E-state index in [-0.39, 0.29) is 13.0 Å². The van der Waals surface area contributed by atoms with Gasteiger partial charge in [-0.25, -0.2) is 4.79 Å². The van der Waals surface area contributed by atoms with Gasteiger partial charge in [0.25, 0.3) is 4.45 Å². The van der Waals surface area contributed by atoms with Gasteiger partial charge < -0.3 is 5.11 Å². The second-order valence-corrected chi connectivity index (χ2v) is 6.04. The number of nitro groups is 1. The van der Waals surface area contributed by atoms with Crippen LogP contribution in [0.2, 0.25) is 0 Å². The number of hydrogen-bond donors (Lipinski definition) is 1. The zero-order valence-corrected chi connectivity index (χ0v) is 11.4. The average Bonchev–Trinajstić information content (AvgIpc) is 2.11. The monoisotopic (exact) mass is 296 g/mol. The van der Waals surface area contributed by atoms with E-state index in [1.165, 1.54) is 0 Å². The Morgan fingerprint density at radius 1 is 1.50 bits per heavy atom. The molecule has 0 radical (unpaired) electrons. The third-order valence-corrected chi connectivity index (χ3v) is 3.41. The number of amides is 1. The SMILES string of the molecule is CCC(Br)(CN(C(=O)O)C(C)(C)C)[N+](=O)[O-]. The number of hydrogen-bond acceptors (Lipinski definition) is 3. The van der Waals surface area contributed by atoms with E-state index in [2.05, 4.69) is 15.9 Å². The highest BCUT2D eigenvalue weighted by atomic mass is 79.9. The summed E-state index contributed by atoms with van der Waals surface area (Å²) in [6.07, 6.45) is -0.952. The molecule has 0 spiro atoms. The molecule has 0 saturated carbocycles. The fraction of sp³-hybridized carbons (Fsp3) is 0.889. The Kier molecular flexibility index (Phi) is 4.72. The van der Waals surface area contributed by atoms with Gasteiger partial charge >= 0.3 is 6.09 Å². The van der Waals surface area contributed by atoms with E-state index in [0.29, 0.717) is 0 Å². The summed E-state index contributed by atoms with van der Waals surface area (Å²) in [5.41, 5.74) is -0.671. The maximum Gasteiger partial charge on any atom is 0.408 e. The van der Waals surface area contributed by atoms with Crippen molar-refractivity contribution in [3.63, 3.8) is 0 Å². The van der Waals surface area contributed by atoms with E-state index in [1.807, 2.05) is 0 Å². The van der Waals surface area contributed by atoms with Crippen LogP contribution in [0.1, 0.15) is 34.1 Å². The lowest BCUT2D eigenvalue weighted by molar-refractivity contribution is -0.536. The molecule has 6 nitrogen and oxygen atoms in total. The van der Waals surface area contributed by atoms with Gasteiger partial charge in [-0.05, 0) is 20.8 Å². The van der Waals surface area contributed by atoms with Gasteiger partial charge in [0.1, 0.15) is 6.54 Å². The second kappa shape index (κ2) is 4.99. The molecule has 0 saturated heterocycles. The van der Waals surface area contributed by atoms with Gasteiger partial charge in [0, 0.05) is 32.8 Å². The van der Waals surface area contributed by atoms with Gasteiger partial charge in [-0.1, -0.05) is 6.92 Å². The van der Waals surface area contributed by atoms with Gasteiger partial charge in [-0.15, -0.1) is 0 Å². The first-order valence-corrected chi connectivity index (χ1v) is 5.68. The summed E-state index contributed by atoms with van der Waals surface area (Å²) >= 11 is 3.01. The van der Waals surface area contributed by atoms with E-state index >= 15 is 0 Å². The Bertz CT molecular complexity index is 290. The number of alkyl halides is 1. The molecule has 7 heteroatoms. The van der Waals surface area contributed by atoms with Crippen LogP contribution in [0.5, 0.6) is 0 Å². The van der Waals surface area contributed by atoms with Crippen LogP contribution in [0.4, 0.5) is 4.79 Å². The number of nitrogens with zero attached hydrogens (tertiary/aromatic N) is 2. The molecule has 0 aromatic rings. The standard InChI is InChI=1S/C9H17BrN2O4/c1-5-9(10,12(15)16)6-11(7(13)14)8(2,3)4/h5-6H2,1-4H3,(H,13,14). The van der Waals surface area contributed by atoms with Crippen molar-refractivity contribution in [1.82, 2.24) is 4.90 Å². The van der Waals surface area contributed by atoms with Crippen LogP contribution < -0.4 is 0 Å². The Labute approximate surface area is 103 Å². The van der Waals surface area contributed by atoms with E-state index in [1.54, 1.807) is 27.7 Å². The number of carbonyl (C=O) groups is 1. The molecule has 0 aliphatic heterocycles. The highest BCUT2D eigenvalue weighted by Crippen LogP contribution is 2.27. The van der Waals surface area contributed by atoms with Gasteiger partial charge in [0.15, 0.2) is 0 Å². The van der Waals surface area contributed by atoms with Crippen molar-refractivity contribution >= 4 is 22.0 Å². The summed E-state index contributed by atoms with van der Waals surface area (Å²) in [7, 11) is 0. The van der Waals surface area contributed by atoms with Crippen molar-refractivity contribution in [2.45, 2.75) is 44.1 Å². The van der Waals surface area contributed by atoms with Crippen LogP contribution in [0.25, 0.3) is 0 Å². The summed E-state index contributed by atoms with van der Waals surface area (Å²) in [4.78, 5) is 22.5. The molecule has 1 N–H and O–H groups in total. The van der Waals surface area contributed by atoms with Crippen LogP contribution in [0.15, 0.2) is 0 Å². The fourth-order valence-electron chi connectivity index (χ4n) is 1.13. The van der Waals surface area contributed by atoms with E-state index in [0.717, 1.165) is 4.90 Å². The van der Waals surface area contributed by atoms with Gasteiger partial charge in [0.2, 0.25) is 0 Å². The van der Waals surface area contributed by atoms with Crippen LogP contribution in [-0.4, -0.2) is 37.6 Å². The maximum absolute atomic E-state index is 11.0. The smallest absolute Gasteiger partial charge is 0.408 e. The van der Waals surface area contributed by atoms with Crippen molar-refractivity contribution in [3.05, 3.63) is 10.1 Å². The van der Waals surface area contributed by atoms with Crippen LogP contribution in [0.3, 0.4) is 0 Å². The number of rotatable bonds is 4. The van der Waals surface area contributed by atoms with Crippen molar-refractivity contribution in [2.75, 3.05) is 6.54 Å². The highest BCUT2D eigenvalue weighted by molar-refractivity contribution is 9.10. The normalized spacial score (nSPS) is 15.3. The average molecular weight is 297 g/mol. The van der Waals surface area contributed by atoms with Crippen molar-refractivity contribution in [3.8, 4) is 0 Å². The minimum atomic E-state index is -1.42. The third-order valence-electron chi connectivity index (χ3n) is 2.31. The van der Waals surface area contributed by atoms with Crippen molar-refractivity contribution in [2.24, 2.45) is 0 Å². The molecule has 0 heterocycles. The zero-order chi connectivity index (χ0) is 13.1. The van der Waals surface area contributed by atoms with Crippen LogP contribution in [0, 0.1) is 10.1 Å². The van der Waals surface area contributed by atoms with Gasteiger partial charge in [-0.2, -0.15) is 0 Å². The Morgan fingerprint density at radius 2 is 1.94 bits per heavy atom. The summed E-state index contributed by atoms with van der Waals surface area (Å²) in [5, 5.41) is 19.9. The zero-order valence-electron chi connectivity index (χ0n) is 9.86. The predicted molar refractivity (Wildman–Crippen MR) is 63.4 cm³/mol. The topological polar surface area (TPSA) is 83.7 Å². The summed E-state index contributed by atoms with van der Waals surface area (Å²) in [6, 6.07) is 0. The molecule has 0 fully saturated rings. The molecule has 94 valence electrons. The van der Waals surface area contributed by atoms with E-state index in [4.69, 9.17) is 5.11 Å². The quantitative estimate of drug-likeness (QED) is 0.374. The lowest BCUT2D eigenvalue weighted by atomic mass is 10.1. The lowest BCUT2D eigenvalue weighted by Crippen LogP contribution is -2.53. The fourth-order valence-corrected chi connectivity index (χ4v) is 1.38. The largest absolute Gasteiger partial charge is 0.465 e. The lowest BCUT2D eigenvalue weighted by Gasteiger charge is -2.35. The first-order chi connectivity index (χ1) is 7.04. The van der Waals surface area contributed by atoms with Crippen LogP contribution >= 0.6 is 15.9 Å². The van der Waals surface area contributed by atoms with Crippen molar-refractivity contribution in [1.29, 1.82) is 0 Å². The Hall–Kier alpha value is -0.850. The minimum Gasteiger partial charge on any atom is -0.465 e. The summed E-state index contributed by atoms with van der Waals surface area (Å²) in [5.74, 6) is 0. The molecule has 0 aliphatic rings. The Morgan fingerprint density at radius 3 is 2.12 bits per heavy atom. The first-order valence-electron chi connectivity index (χ1n) is 4.88. The molecule has 0 bridgehead atoms. The number of halogens is 1. The number of carboxylic acid groups (broad SMARTS) is 1. The molecule has 1 atom stereocenters. The molecule has 0 rings (SSSR count). The minimum absolute atomic E-state index is 0.185. The Balaban J connectivity index is 5.03. The third kappa shape index (κ3) is 3.62. The molecule has 0 aromatic heterocycles. The molecule has 1 amide bonds.